The van der Waals surface area contributed by atoms with E-state index in [1.165, 1.54) is 24.4 Å². The first-order chi connectivity index (χ1) is 18.3. The lowest BCUT2D eigenvalue weighted by Crippen LogP contribution is -2.46. The van der Waals surface area contributed by atoms with E-state index >= 15 is 0 Å². The average molecular weight is 567 g/mol. The van der Waals surface area contributed by atoms with Gasteiger partial charge in [-0.1, -0.05) is 0 Å². The van der Waals surface area contributed by atoms with E-state index in [2.05, 4.69) is 15.3 Å². The van der Waals surface area contributed by atoms with Crippen LogP contribution in [-0.2, 0) is 15.7 Å². The third kappa shape index (κ3) is 6.52. The monoisotopic (exact) mass is 566 g/mol. The van der Waals surface area contributed by atoms with Gasteiger partial charge >= 0.3 is 18.2 Å². The molecule has 1 fully saturated rings. The molecular weight excluding hydrogens is 537 g/mol. The second-order valence-electron chi connectivity index (χ2n) is 10.1. The van der Waals surface area contributed by atoms with Crippen molar-refractivity contribution in [3.63, 3.8) is 0 Å². The molecule has 0 saturated carbocycles. The van der Waals surface area contributed by atoms with Crippen LogP contribution in [0.15, 0.2) is 24.5 Å². The molecule has 13 heteroatoms. The molecule has 9 nitrogen and oxygen atoms in total. The second-order valence-corrected chi connectivity index (χ2v) is 11.1. The lowest BCUT2D eigenvalue weighted by Gasteiger charge is -2.34. The van der Waals surface area contributed by atoms with Crippen molar-refractivity contribution >= 4 is 45.1 Å². The van der Waals surface area contributed by atoms with Gasteiger partial charge < -0.3 is 24.4 Å². The van der Waals surface area contributed by atoms with Crippen molar-refractivity contribution < 1.29 is 37.0 Å². The second kappa shape index (κ2) is 10.9. The molecule has 4 rings (SSSR count). The number of hydrogen-bond donors (Lipinski definition) is 1. The maximum atomic E-state index is 13.6. The highest BCUT2D eigenvalue weighted by Crippen LogP contribution is 2.40. The number of amides is 1. The van der Waals surface area contributed by atoms with E-state index in [9.17, 15) is 22.8 Å². The molecule has 1 atom stereocenters. The van der Waals surface area contributed by atoms with Crippen LogP contribution in [0.25, 0.3) is 10.2 Å². The Hall–Kier alpha value is -3.61. The number of benzene rings is 1. The Bertz CT molecular complexity index is 1390. The Kier molecular flexibility index (Phi) is 7.92. The summed E-state index contributed by atoms with van der Waals surface area (Å²) in [5.74, 6) is -0.270. The number of carbonyl (C=O) groups excluding carboxylic acids is 2. The van der Waals surface area contributed by atoms with Crippen LogP contribution in [0, 0.1) is 6.92 Å². The molecule has 210 valence electrons. The fourth-order valence-electron chi connectivity index (χ4n) is 4.19. The highest BCUT2D eigenvalue weighted by Gasteiger charge is 2.33. The van der Waals surface area contributed by atoms with Crippen molar-refractivity contribution in [2.45, 2.75) is 58.4 Å². The minimum atomic E-state index is -4.59. The van der Waals surface area contributed by atoms with Crippen molar-refractivity contribution in [3.05, 3.63) is 40.5 Å². The van der Waals surface area contributed by atoms with E-state index in [0.717, 1.165) is 23.5 Å². The summed E-state index contributed by atoms with van der Waals surface area (Å²) in [6.45, 7) is 7.62. The summed E-state index contributed by atoms with van der Waals surface area (Å²) in [7, 11) is 1.28. The van der Waals surface area contributed by atoms with Gasteiger partial charge in [-0.3, -0.25) is 0 Å². The van der Waals surface area contributed by atoms with Crippen molar-refractivity contribution in [1.82, 2.24) is 14.9 Å². The summed E-state index contributed by atoms with van der Waals surface area (Å²) >= 11 is 1.13. The largest absolute Gasteiger partial charge is 0.486 e. The van der Waals surface area contributed by atoms with Gasteiger partial charge in [-0.25, -0.2) is 19.6 Å². The minimum absolute atomic E-state index is 0.0475. The molecule has 1 saturated heterocycles. The first-order valence-electron chi connectivity index (χ1n) is 12.2. The summed E-state index contributed by atoms with van der Waals surface area (Å²) in [4.78, 5) is 35.6. The molecular formula is C26H29F3N4O5S. The van der Waals surface area contributed by atoms with E-state index in [0.29, 0.717) is 45.9 Å². The number of carbonyl (C=O) groups is 2. The van der Waals surface area contributed by atoms with Crippen LogP contribution in [0.3, 0.4) is 0 Å². The number of nitrogens with zero attached hydrogens (tertiary/aromatic N) is 3. The van der Waals surface area contributed by atoms with Crippen LogP contribution in [-0.4, -0.2) is 58.8 Å². The molecule has 2 aromatic heterocycles. The van der Waals surface area contributed by atoms with E-state index in [4.69, 9.17) is 14.2 Å². The Balaban J connectivity index is 1.66. The Morgan fingerprint density at radius 2 is 1.92 bits per heavy atom. The van der Waals surface area contributed by atoms with Crippen LogP contribution in [0.5, 0.6) is 5.75 Å². The SMILES string of the molecule is COC(=O)c1sc2ncnc(Nc3ccc(C(F)(F)F)cc3OC3CCCN(C(=O)OC(C)(C)C)C3)c2c1C. The number of anilines is 2. The van der Waals surface area contributed by atoms with Gasteiger partial charge in [0.05, 0.1) is 30.3 Å². The highest BCUT2D eigenvalue weighted by atomic mass is 32.1. The number of aryl methyl sites for hydroxylation is 1. The number of methoxy groups -OCH3 is 1. The van der Waals surface area contributed by atoms with E-state index in [1.807, 2.05) is 0 Å². The van der Waals surface area contributed by atoms with Crippen LogP contribution >= 0.6 is 11.3 Å². The van der Waals surface area contributed by atoms with Gasteiger partial charge in [-0.2, -0.15) is 13.2 Å². The van der Waals surface area contributed by atoms with Crippen molar-refractivity contribution in [2.75, 3.05) is 25.5 Å². The molecule has 39 heavy (non-hydrogen) atoms. The third-order valence-electron chi connectivity index (χ3n) is 5.98. The predicted octanol–water partition coefficient (Wildman–Crippen LogP) is 6.33. The summed E-state index contributed by atoms with van der Waals surface area (Å²) in [6, 6.07) is 3.14. The fraction of sp³-hybridized carbons (Fsp3) is 0.462. The normalized spacial score (nSPS) is 16.2. The van der Waals surface area contributed by atoms with Crippen LogP contribution in [0.4, 0.5) is 29.5 Å². The number of piperidine rings is 1. The maximum absolute atomic E-state index is 13.6. The van der Waals surface area contributed by atoms with Gasteiger partial charge in [-0.15, -0.1) is 11.3 Å². The number of likely N-dealkylation sites (tertiary alicyclic amines) is 1. The molecule has 0 aliphatic carbocycles. The standard InChI is InChI=1S/C26H29F3N4O5S/c1-14-19-21(30-13-31-22(19)39-20(14)23(34)36-5)32-17-9-8-15(26(27,28)29)11-18(17)37-16-7-6-10-33(12-16)24(35)38-25(2,3)4/h8-9,11,13,16H,6-7,10,12H2,1-5H3,(H,30,31,32). The molecule has 0 radical (unpaired) electrons. The minimum Gasteiger partial charge on any atom is -0.486 e. The smallest absolute Gasteiger partial charge is 0.416 e. The summed E-state index contributed by atoms with van der Waals surface area (Å²) in [5, 5.41) is 3.61. The molecule has 1 aromatic carbocycles. The van der Waals surface area contributed by atoms with Crippen molar-refractivity contribution in [1.29, 1.82) is 0 Å². The van der Waals surface area contributed by atoms with E-state index < -0.39 is 35.5 Å². The number of rotatable bonds is 5. The summed E-state index contributed by atoms with van der Waals surface area (Å²) < 4.78 is 57.2. The van der Waals surface area contributed by atoms with Crippen LogP contribution in [0.2, 0.25) is 0 Å². The van der Waals surface area contributed by atoms with Gasteiger partial charge in [0.2, 0.25) is 0 Å². The van der Waals surface area contributed by atoms with Crippen molar-refractivity contribution in [3.8, 4) is 5.75 Å². The number of ether oxygens (including phenoxy) is 3. The molecule has 1 aliphatic rings. The third-order valence-corrected chi connectivity index (χ3v) is 7.16. The first-order valence-corrected chi connectivity index (χ1v) is 13.0. The van der Waals surface area contributed by atoms with Crippen LogP contribution in [0.1, 0.15) is 54.4 Å². The number of nitrogens with one attached hydrogen (secondary N) is 1. The lowest BCUT2D eigenvalue weighted by molar-refractivity contribution is -0.137. The topological polar surface area (TPSA) is 103 Å². The molecule has 1 N–H and O–H groups in total. The van der Waals surface area contributed by atoms with Gasteiger partial charge in [0.15, 0.2) is 0 Å². The van der Waals surface area contributed by atoms with Crippen LogP contribution < -0.4 is 10.1 Å². The molecule has 0 bridgehead atoms. The number of alkyl halides is 3. The quantitative estimate of drug-likeness (QED) is 0.358. The Labute approximate surface area is 227 Å². The first kappa shape index (κ1) is 28.4. The zero-order chi connectivity index (χ0) is 28.5. The molecule has 3 aromatic rings. The predicted molar refractivity (Wildman–Crippen MR) is 140 cm³/mol. The summed E-state index contributed by atoms with van der Waals surface area (Å²) in [5.41, 5.74) is -0.739. The van der Waals surface area contributed by atoms with Gasteiger partial charge in [0.25, 0.3) is 0 Å². The van der Waals surface area contributed by atoms with E-state index in [1.54, 1.807) is 27.7 Å². The molecule has 3 heterocycles. The lowest BCUT2D eigenvalue weighted by atomic mass is 10.1. The Morgan fingerprint density at radius 1 is 1.18 bits per heavy atom. The number of esters is 1. The van der Waals surface area contributed by atoms with Gasteiger partial charge in [0, 0.05) is 6.54 Å². The number of aromatic nitrogens is 2. The van der Waals surface area contributed by atoms with Gasteiger partial charge in [0.1, 0.15) is 39.3 Å². The Morgan fingerprint density at radius 3 is 2.59 bits per heavy atom. The number of hydrogen-bond acceptors (Lipinski definition) is 9. The zero-order valence-corrected chi connectivity index (χ0v) is 23.0. The zero-order valence-electron chi connectivity index (χ0n) is 22.1. The number of fused-ring (bicyclic) bond motifs is 1. The molecule has 1 aliphatic heterocycles. The fourth-order valence-corrected chi connectivity index (χ4v) is 5.25. The maximum Gasteiger partial charge on any atom is 0.416 e. The van der Waals surface area contributed by atoms with Gasteiger partial charge in [-0.05, 0) is 64.3 Å². The number of thiophene rings is 1. The highest BCUT2D eigenvalue weighted by molar-refractivity contribution is 7.20. The number of halogens is 3. The van der Waals surface area contributed by atoms with Crippen molar-refractivity contribution in [2.24, 2.45) is 0 Å². The molecule has 1 amide bonds. The molecule has 1 unspecified atom stereocenters. The molecule has 0 spiro atoms. The summed E-state index contributed by atoms with van der Waals surface area (Å²) in [6.07, 6.45) is -3.22. The average Bonchev–Trinajstić information content (AvgIpc) is 3.20. The van der Waals surface area contributed by atoms with E-state index in [-0.39, 0.29) is 18.0 Å².